The third-order valence-corrected chi connectivity index (χ3v) is 7.37. The first-order chi connectivity index (χ1) is 16.0. The first-order valence-electron chi connectivity index (χ1n) is 10.6. The first kappa shape index (κ1) is 23.8. The van der Waals surface area contributed by atoms with E-state index >= 15 is 0 Å². The van der Waals surface area contributed by atoms with Crippen LogP contribution in [-0.2, 0) is 6.61 Å². The molecule has 4 rings (SSSR count). The molecule has 1 fully saturated rings. The summed E-state index contributed by atoms with van der Waals surface area (Å²) in [6, 6.07) is 9.24. The van der Waals surface area contributed by atoms with Crippen LogP contribution >= 0.6 is 35.1 Å². The van der Waals surface area contributed by atoms with Crippen molar-refractivity contribution >= 4 is 46.5 Å². The summed E-state index contributed by atoms with van der Waals surface area (Å²) in [5, 5.41) is 9.59. The molecule has 0 atom stereocenters. The fourth-order valence-electron chi connectivity index (χ4n) is 3.86. The van der Waals surface area contributed by atoms with Crippen LogP contribution < -0.4 is 10.5 Å². The number of piperidine rings is 1. The van der Waals surface area contributed by atoms with Crippen molar-refractivity contribution in [3.8, 4) is 5.75 Å². The van der Waals surface area contributed by atoms with Crippen molar-refractivity contribution < 1.29 is 4.74 Å². The monoisotopic (exact) mass is 501 g/mol. The maximum absolute atomic E-state index is 8.70. The average molecular weight is 502 g/mol. The Bertz CT molecular complexity index is 1110. The lowest BCUT2D eigenvalue weighted by molar-refractivity contribution is 0.306. The van der Waals surface area contributed by atoms with Gasteiger partial charge in [-0.25, -0.2) is 0 Å². The lowest BCUT2D eigenvalue weighted by Gasteiger charge is -2.29. The molecule has 33 heavy (non-hydrogen) atoms. The standard InChI is InChI=1S/C24H25Cl2N5OS/c1-33-31-8-6-15(7-9-31)23-5-2-16(11-30-23)24(28)18-10-17(3-4-22(18)27)32-14-19-20(25)12-29-13-21(19)26/h2-5,10-13,15,28H,6-9,14,27H2,1H3. The number of benzene rings is 1. The summed E-state index contributed by atoms with van der Waals surface area (Å²) < 4.78 is 8.27. The van der Waals surface area contributed by atoms with E-state index < -0.39 is 0 Å². The molecular weight excluding hydrogens is 477 g/mol. The van der Waals surface area contributed by atoms with E-state index in [0.717, 1.165) is 31.6 Å². The van der Waals surface area contributed by atoms with Crippen LogP contribution in [0.4, 0.5) is 5.69 Å². The highest BCUT2D eigenvalue weighted by Crippen LogP contribution is 2.30. The number of pyridine rings is 2. The van der Waals surface area contributed by atoms with E-state index in [4.69, 9.17) is 39.1 Å². The Hall–Kier alpha value is -2.32. The number of halogens is 2. The summed E-state index contributed by atoms with van der Waals surface area (Å²) in [4.78, 5) is 8.63. The Kier molecular flexibility index (Phi) is 7.75. The second-order valence-corrected chi connectivity index (χ2v) is 9.55. The van der Waals surface area contributed by atoms with Gasteiger partial charge in [-0.2, -0.15) is 0 Å². The highest BCUT2D eigenvalue weighted by atomic mass is 35.5. The summed E-state index contributed by atoms with van der Waals surface area (Å²) >= 11 is 14.1. The number of nitrogens with zero attached hydrogens (tertiary/aromatic N) is 3. The Balaban J connectivity index is 1.46. The molecule has 6 nitrogen and oxygen atoms in total. The number of hydrogen-bond acceptors (Lipinski definition) is 7. The maximum atomic E-state index is 8.70. The molecule has 1 aliphatic rings. The largest absolute Gasteiger partial charge is 0.489 e. The minimum atomic E-state index is 0.183. The van der Waals surface area contributed by atoms with E-state index in [-0.39, 0.29) is 6.61 Å². The summed E-state index contributed by atoms with van der Waals surface area (Å²) in [5.74, 6) is 1.03. The highest BCUT2D eigenvalue weighted by molar-refractivity contribution is 7.96. The van der Waals surface area contributed by atoms with Gasteiger partial charge in [-0.1, -0.05) is 35.1 Å². The van der Waals surface area contributed by atoms with E-state index in [1.807, 2.05) is 12.1 Å². The molecule has 0 unspecified atom stereocenters. The fraction of sp³-hybridized carbons (Fsp3) is 0.292. The molecular formula is C24H25Cl2N5OS. The van der Waals surface area contributed by atoms with Crippen molar-refractivity contribution in [1.29, 1.82) is 5.41 Å². The topological polar surface area (TPSA) is 88.1 Å². The molecule has 1 aliphatic heterocycles. The quantitative estimate of drug-likeness (QED) is 0.241. The van der Waals surface area contributed by atoms with Crippen molar-refractivity contribution in [2.75, 3.05) is 25.1 Å². The molecule has 0 aliphatic carbocycles. The number of aromatic nitrogens is 2. The van der Waals surface area contributed by atoms with E-state index in [0.29, 0.717) is 49.8 Å². The molecule has 0 amide bonds. The van der Waals surface area contributed by atoms with Crippen molar-refractivity contribution in [2.45, 2.75) is 25.4 Å². The van der Waals surface area contributed by atoms with E-state index in [1.165, 1.54) is 12.4 Å². The van der Waals surface area contributed by atoms with Gasteiger partial charge in [0.15, 0.2) is 0 Å². The SMILES string of the molecule is CSN1CCC(c2ccc(C(=N)c3cc(OCc4c(Cl)cncc4Cl)ccc3N)cn2)CC1. The molecule has 3 aromatic rings. The highest BCUT2D eigenvalue weighted by Gasteiger charge is 2.21. The van der Waals surface area contributed by atoms with Crippen LogP contribution in [0.15, 0.2) is 48.9 Å². The summed E-state index contributed by atoms with van der Waals surface area (Å²) in [5.41, 5.74) is 10.0. The van der Waals surface area contributed by atoms with Gasteiger partial charge < -0.3 is 10.5 Å². The smallest absolute Gasteiger partial charge is 0.120 e. The van der Waals surface area contributed by atoms with Crippen molar-refractivity contribution in [3.05, 3.63) is 81.4 Å². The lowest BCUT2D eigenvalue weighted by Crippen LogP contribution is -2.27. The second-order valence-electron chi connectivity index (χ2n) is 7.85. The Morgan fingerprint density at radius 2 is 1.88 bits per heavy atom. The molecule has 0 saturated carbocycles. The number of ether oxygens (including phenoxy) is 1. The van der Waals surface area contributed by atoms with Gasteiger partial charge in [-0.05, 0) is 49.4 Å². The molecule has 9 heteroatoms. The van der Waals surface area contributed by atoms with Crippen molar-refractivity contribution in [3.63, 3.8) is 0 Å². The molecule has 1 aromatic carbocycles. The number of nitrogen functional groups attached to an aromatic ring is 1. The van der Waals surface area contributed by atoms with Gasteiger partial charge in [-0.3, -0.25) is 19.7 Å². The minimum absolute atomic E-state index is 0.183. The van der Waals surface area contributed by atoms with Crippen LogP contribution in [0.2, 0.25) is 10.0 Å². The molecule has 3 heterocycles. The van der Waals surface area contributed by atoms with E-state index in [9.17, 15) is 0 Å². The van der Waals surface area contributed by atoms with Crippen LogP contribution in [0, 0.1) is 5.41 Å². The zero-order valence-corrected chi connectivity index (χ0v) is 20.6. The zero-order valence-electron chi connectivity index (χ0n) is 18.2. The van der Waals surface area contributed by atoms with E-state index in [2.05, 4.69) is 20.5 Å². The zero-order chi connectivity index (χ0) is 23.4. The van der Waals surface area contributed by atoms with Gasteiger partial charge in [0.25, 0.3) is 0 Å². The molecule has 1 saturated heterocycles. The fourth-order valence-corrected chi connectivity index (χ4v) is 4.91. The summed E-state index contributed by atoms with van der Waals surface area (Å²) in [7, 11) is 0. The molecule has 172 valence electrons. The van der Waals surface area contributed by atoms with Crippen LogP contribution in [-0.4, -0.2) is 39.3 Å². The first-order valence-corrected chi connectivity index (χ1v) is 12.5. The number of hydrogen-bond donors (Lipinski definition) is 2. The van der Waals surface area contributed by atoms with Gasteiger partial charge in [0.05, 0.1) is 15.8 Å². The predicted octanol–water partition coefficient (Wildman–Crippen LogP) is 5.82. The minimum Gasteiger partial charge on any atom is -0.489 e. The maximum Gasteiger partial charge on any atom is 0.120 e. The van der Waals surface area contributed by atoms with Crippen LogP contribution in [0.1, 0.15) is 41.1 Å². The summed E-state index contributed by atoms with van der Waals surface area (Å²) in [6.07, 6.45) is 9.14. The number of anilines is 1. The normalized spacial score (nSPS) is 14.9. The van der Waals surface area contributed by atoms with E-state index in [1.54, 1.807) is 36.3 Å². The van der Waals surface area contributed by atoms with Gasteiger partial charge >= 0.3 is 0 Å². The predicted molar refractivity (Wildman–Crippen MR) is 137 cm³/mol. The van der Waals surface area contributed by atoms with Crippen molar-refractivity contribution in [1.82, 2.24) is 14.3 Å². The number of rotatable bonds is 7. The van der Waals surface area contributed by atoms with Crippen LogP contribution in [0.5, 0.6) is 5.75 Å². The van der Waals surface area contributed by atoms with Gasteiger partial charge in [-0.15, -0.1) is 0 Å². The average Bonchev–Trinajstić information content (AvgIpc) is 2.84. The second kappa shape index (κ2) is 10.7. The van der Waals surface area contributed by atoms with Gasteiger partial charge in [0, 0.05) is 65.7 Å². The molecule has 0 bridgehead atoms. The third-order valence-electron chi connectivity index (χ3n) is 5.84. The van der Waals surface area contributed by atoms with Crippen LogP contribution in [0.25, 0.3) is 0 Å². The van der Waals surface area contributed by atoms with Gasteiger partial charge in [0.1, 0.15) is 12.4 Å². The molecule has 0 spiro atoms. The van der Waals surface area contributed by atoms with Crippen LogP contribution in [0.3, 0.4) is 0 Å². The third kappa shape index (κ3) is 5.61. The molecule has 2 aromatic heterocycles. The molecule has 3 N–H and O–H groups in total. The Morgan fingerprint density at radius 3 is 2.52 bits per heavy atom. The lowest BCUT2D eigenvalue weighted by atomic mass is 9.93. The van der Waals surface area contributed by atoms with Gasteiger partial charge in [0.2, 0.25) is 0 Å². The number of nitrogens with two attached hydrogens (primary N) is 1. The summed E-state index contributed by atoms with van der Waals surface area (Å²) in [6.45, 7) is 2.33. The number of nitrogens with one attached hydrogen (secondary N) is 1. The molecule has 0 radical (unpaired) electrons. The Morgan fingerprint density at radius 1 is 1.15 bits per heavy atom. The Labute approximate surface area is 208 Å². The van der Waals surface area contributed by atoms with Crippen molar-refractivity contribution in [2.24, 2.45) is 0 Å².